The molecule has 2 rings (SSSR count). The fourth-order valence-corrected chi connectivity index (χ4v) is 1.04. The molecule has 0 radical (unpaired) electrons. The van der Waals surface area contributed by atoms with Gasteiger partial charge in [-0.1, -0.05) is 0 Å². The normalized spacial score (nSPS) is 10.0. The molecule has 0 spiro atoms. The largest absolute Gasteiger partial charge is 0.360 e. The predicted molar refractivity (Wildman–Crippen MR) is 50.8 cm³/mol. The highest BCUT2D eigenvalue weighted by molar-refractivity contribution is 5.30. The van der Waals surface area contributed by atoms with Gasteiger partial charge in [-0.05, 0) is 6.07 Å². The van der Waals surface area contributed by atoms with E-state index in [1.165, 1.54) is 12.4 Å². The number of aromatic amines is 2. The Labute approximate surface area is 79.4 Å². The minimum Gasteiger partial charge on any atom is -0.360 e. The summed E-state index contributed by atoms with van der Waals surface area (Å²) in [5.41, 5.74) is 0.669. The third kappa shape index (κ3) is 1.79. The van der Waals surface area contributed by atoms with Crippen molar-refractivity contribution in [2.45, 2.75) is 6.54 Å². The first-order valence-electron chi connectivity index (χ1n) is 4.12. The second kappa shape index (κ2) is 3.73. The van der Waals surface area contributed by atoms with E-state index >= 15 is 0 Å². The first-order chi connectivity index (χ1) is 6.86. The predicted octanol–water partition coefficient (Wildman–Crippen LogP) is 0.105. The molecule has 3 N–H and O–H groups in total. The van der Waals surface area contributed by atoms with E-state index < -0.39 is 0 Å². The van der Waals surface area contributed by atoms with Gasteiger partial charge in [0, 0.05) is 18.6 Å². The summed E-state index contributed by atoms with van der Waals surface area (Å²) in [5.74, 6) is 0.308. The van der Waals surface area contributed by atoms with Gasteiger partial charge in [0.25, 0.3) is 5.56 Å². The summed E-state index contributed by atoms with van der Waals surface area (Å²) in [7, 11) is 0. The van der Waals surface area contributed by atoms with E-state index in [4.69, 9.17) is 0 Å². The molecule has 2 heterocycles. The molecular formula is C8H9N5O. The Morgan fingerprint density at radius 1 is 1.43 bits per heavy atom. The van der Waals surface area contributed by atoms with Crippen molar-refractivity contribution >= 4 is 5.82 Å². The van der Waals surface area contributed by atoms with Crippen molar-refractivity contribution in [3.05, 3.63) is 40.7 Å². The van der Waals surface area contributed by atoms with Crippen LogP contribution in [0.1, 0.15) is 5.69 Å². The van der Waals surface area contributed by atoms with E-state index in [2.05, 4.69) is 25.5 Å². The van der Waals surface area contributed by atoms with Gasteiger partial charge in [-0.15, -0.1) is 0 Å². The molecule has 0 saturated heterocycles. The lowest BCUT2D eigenvalue weighted by Gasteiger charge is -2.00. The molecule has 0 amide bonds. The maximum absolute atomic E-state index is 11.2. The summed E-state index contributed by atoms with van der Waals surface area (Å²) in [4.78, 5) is 17.6. The molecule has 0 aromatic carbocycles. The third-order valence-corrected chi connectivity index (χ3v) is 1.71. The number of nitrogens with zero attached hydrogens (tertiary/aromatic N) is 2. The Morgan fingerprint density at radius 3 is 3.07 bits per heavy atom. The van der Waals surface area contributed by atoms with Crippen LogP contribution in [0.2, 0.25) is 0 Å². The molecule has 2 aromatic heterocycles. The summed E-state index contributed by atoms with van der Waals surface area (Å²) in [6.07, 6.45) is 4.67. The number of hydrogen-bond donors (Lipinski definition) is 3. The molecule has 6 nitrogen and oxygen atoms in total. The van der Waals surface area contributed by atoms with E-state index in [0.717, 1.165) is 5.69 Å². The number of rotatable bonds is 3. The molecule has 0 atom stereocenters. The average Bonchev–Trinajstić information content (AvgIpc) is 2.69. The van der Waals surface area contributed by atoms with E-state index in [9.17, 15) is 4.79 Å². The fraction of sp³-hybridized carbons (Fsp3) is 0.125. The van der Waals surface area contributed by atoms with E-state index in [1.54, 1.807) is 6.20 Å². The SMILES string of the molecule is O=c1[nH]ccnc1NCc1ccn[nH]1. The topological polar surface area (TPSA) is 86.5 Å². The zero-order valence-electron chi connectivity index (χ0n) is 7.32. The molecule has 2 aromatic rings. The molecule has 6 heteroatoms. The lowest BCUT2D eigenvalue weighted by molar-refractivity contribution is 0.966. The van der Waals surface area contributed by atoms with Gasteiger partial charge in [-0.3, -0.25) is 9.89 Å². The minimum absolute atomic E-state index is 0.230. The highest BCUT2D eigenvalue weighted by atomic mass is 16.1. The van der Waals surface area contributed by atoms with Crippen LogP contribution in [0.3, 0.4) is 0 Å². The number of H-pyrrole nitrogens is 2. The number of hydrogen-bond acceptors (Lipinski definition) is 4. The van der Waals surface area contributed by atoms with Crippen LogP contribution in [0.25, 0.3) is 0 Å². The van der Waals surface area contributed by atoms with E-state index in [-0.39, 0.29) is 5.56 Å². The maximum Gasteiger partial charge on any atom is 0.290 e. The Hall–Kier alpha value is -2.11. The van der Waals surface area contributed by atoms with Crippen LogP contribution >= 0.6 is 0 Å². The summed E-state index contributed by atoms with van der Waals surface area (Å²) in [6, 6.07) is 1.82. The monoisotopic (exact) mass is 191 g/mol. The number of anilines is 1. The van der Waals surface area contributed by atoms with E-state index in [0.29, 0.717) is 12.4 Å². The Bertz CT molecular complexity index is 447. The molecular weight excluding hydrogens is 182 g/mol. The smallest absolute Gasteiger partial charge is 0.290 e. The van der Waals surface area contributed by atoms with Crippen molar-refractivity contribution in [2.75, 3.05) is 5.32 Å². The van der Waals surface area contributed by atoms with Gasteiger partial charge in [-0.25, -0.2) is 4.98 Å². The van der Waals surface area contributed by atoms with Gasteiger partial charge in [0.05, 0.1) is 12.2 Å². The average molecular weight is 191 g/mol. The Kier molecular flexibility index (Phi) is 2.26. The van der Waals surface area contributed by atoms with Gasteiger partial charge in [0.1, 0.15) is 0 Å². The molecule has 0 saturated carbocycles. The summed E-state index contributed by atoms with van der Waals surface area (Å²) >= 11 is 0. The maximum atomic E-state index is 11.2. The fourth-order valence-electron chi connectivity index (χ4n) is 1.04. The van der Waals surface area contributed by atoms with Crippen LogP contribution in [-0.4, -0.2) is 20.2 Å². The molecule has 0 aliphatic rings. The lowest BCUT2D eigenvalue weighted by atomic mass is 10.4. The number of nitrogens with one attached hydrogen (secondary N) is 3. The summed E-state index contributed by atoms with van der Waals surface area (Å²) in [6.45, 7) is 0.500. The van der Waals surface area contributed by atoms with Crippen molar-refractivity contribution in [3.63, 3.8) is 0 Å². The van der Waals surface area contributed by atoms with Crippen LogP contribution in [0, 0.1) is 0 Å². The number of aromatic nitrogens is 4. The van der Waals surface area contributed by atoms with Gasteiger partial charge in [0.2, 0.25) is 0 Å². The third-order valence-electron chi connectivity index (χ3n) is 1.71. The standard InChI is InChI=1S/C8H9N5O/c14-8-7(9-3-4-10-8)11-5-6-1-2-12-13-6/h1-4H,5H2,(H,9,11)(H,10,14)(H,12,13). The molecule has 0 unspecified atom stereocenters. The molecule has 0 bridgehead atoms. The van der Waals surface area contributed by atoms with Crippen molar-refractivity contribution in [1.82, 2.24) is 20.2 Å². The zero-order valence-corrected chi connectivity index (χ0v) is 7.32. The van der Waals surface area contributed by atoms with Crippen LogP contribution in [0.5, 0.6) is 0 Å². The van der Waals surface area contributed by atoms with Crippen LogP contribution in [-0.2, 0) is 6.54 Å². The molecule has 0 aliphatic heterocycles. The summed E-state index contributed by atoms with van der Waals surface area (Å²) in [5, 5.41) is 9.45. The quantitative estimate of drug-likeness (QED) is 0.642. The van der Waals surface area contributed by atoms with Crippen molar-refractivity contribution in [3.8, 4) is 0 Å². The molecule has 0 fully saturated rings. The zero-order chi connectivity index (χ0) is 9.80. The molecule has 14 heavy (non-hydrogen) atoms. The van der Waals surface area contributed by atoms with Crippen molar-refractivity contribution < 1.29 is 0 Å². The van der Waals surface area contributed by atoms with Gasteiger partial charge < -0.3 is 10.3 Å². The van der Waals surface area contributed by atoms with Gasteiger partial charge >= 0.3 is 0 Å². The Morgan fingerprint density at radius 2 is 2.36 bits per heavy atom. The van der Waals surface area contributed by atoms with Crippen LogP contribution in [0.15, 0.2) is 29.5 Å². The lowest BCUT2D eigenvalue weighted by Crippen LogP contribution is -2.15. The second-order valence-corrected chi connectivity index (χ2v) is 2.70. The summed E-state index contributed by atoms with van der Waals surface area (Å²) < 4.78 is 0. The molecule has 72 valence electrons. The highest BCUT2D eigenvalue weighted by Gasteiger charge is 1.99. The van der Waals surface area contributed by atoms with Crippen LogP contribution < -0.4 is 10.9 Å². The molecule has 0 aliphatic carbocycles. The minimum atomic E-state index is -0.230. The van der Waals surface area contributed by atoms with Gasteiger partial charge in [0.15, 0.2) is 5.82 Å². The first kappa shape index (κ1) is 8.49. The van der Waals surface area contributed by atoms with E-state index in [1.807, 2.05) is 6.07 Å². The van der Waals surface area contributed by atoms with Gasteiger partial charge in [-0.2, -0.15) is 5.10 Å². The first-order valence-corrected chi connectivity index (χ1v) is 4.12. The highest BCUT2D eigenvalue weighted by Crippen LogP contribution is 1.96. The Balaban J connectivity index is 2.06. The van der Waals surface area contributed by atoms with Crippen LogP contribution in [0.4, 0.5) is 5.82 Å². The van der Waals surface area contributed by atoms with Crippen molar-refractivity contribution in [1.29, 1.82) is 0 Å². The second-order valence-electron chi connectivity index (χ2n) is 2.70. The van der Waals surface area contributed by atoms with Crippen molar-refractivity contribution in [2.24, 2.45) is 0 Å².